The standard InChI is InChI=1S/C20H22N2O3/c23-20-22(21-19(25-20)13-18-3-1-2-12-24-18)14-17-10-8-16(9-11-17)7-6-15-4-5-15/h8-11,15,18H,1-5,12-14H2/t18-/m1/s1. The van der Waals surface area contributed by atoms with Crippen molar-refractivity contribution >= 4 is 0 Å². The zero-order chi connectivity index (χ0) is 17.1. The Bertz CT molecular complexity index is 828. The summed E-state index contributed by atoms with van der Waals surface area (Å²) in [4.78, 5) is 12.0. The minimum atomic E-state index is -0.414. The lowest BCUT2D eigenvalue weighted by Gasteiger charge is -2.20. The smallest absolute Gasteiger partial charge is 0.392 e. The average molecular weight is 338 g/mol. The van der Waals surface area contributed by atoms with Crippen molar-refractivity contribution in [3.8, 4) is 11.8 Å². The summed E-state index contributed by atoms with van der Waals surface area (Å²) in [6, 6.07) is 7.96. The highest BCUT2D eigenvalue weighted by Crippen LogP contribution is 2.27. The summed E-state index contributed by atoms with van der Waals surface area (Å²) in [6.07, 6.45) is 6.41. The van der Waals surface area contributed by atoms with Gasteiger partial charge in [0.25, 0.3) is 0 Å². The van der Waals surface area contributed by atoms with Crippen molar-refractivity contribution < 1.29 is 9.15 Å². The van der Waals surface area contributed by atoms with Crippen molar-refractivity contribution in [3.63, 3.8) is 0 Å². The van der Waals surface area contributed by atoms with Gasteiger partial charge in [-0.15, -0.1) is 5.10 Å². The third-order valence-electron chi connectivity index (χ3n) is 4.61. The SMILES string of the molecule is O=c1oc(C[C@H]2CCCCO2)nn1Cc1ccc(C#CC2CC2)cc1. The fourth-order valence-electron chi connectivity index (χ4n) is 2.97. The van der Waals surface area contributed by atoms with Gasteiger partial charge in [0.2, 0.25) is 5.89 Å². The number of rotatable bonds is 4. The topological polar surface area (TPSA) is 57.3 Å². The van der Waals surface area contributed by atoms with Crippen molar-refractivity contribution in [2.45, 2.75) is 51.2 Å². The van der Waals surface area contributed by atoms with E-state index in [1.165, 1.54) is 17.5 Å². The van der Waals surface area contributed by atoms with E-state index in [1.807, 2.05) is 24.3 Å². The van der Waals surface area contributed by atoms with E-state index in [2.05, 4.69) is 16.9 Å². The number of hydrogen-bond donors (Lipinski definition) is 0. The molecule has 1 aliphatic carbocycles. The van der Waals surface area contributed by atoms with E-state index in [1.54, 1.807) is 0 Å². The van der Waals surface area contributed by atoms with Crippen LogP contribution in [0, 0.1) is 17.8 Å². The highest BCUT2D eigenvalue weighted by Gasteiger charge is 2.19. The van der Waals surface area contributed by atoms with Crippen molar-refractivity contribution in [2.24, 2.45) is 5.92 Å². The Balaban J connectivity index is 1.40. The molecule has 2 aromatic rings. The maximum absolute atomic E-state index is 12.0. The van der Waals surface area contributed by atoms with Crippen LogP contribution in [-0.2, 0) is 17.7 Å². The Hall–Kier alpha value is -2.32. The summed E-state index contributed by atoms with van der Waals surface area (Å²) >= 11 is 0. The second-order valence-electron chi connectivity index (χ2n) is 6.85. The third-order valence-corrected chi connectivity index (χ3v) is 4.61. The Morgan fingerprint density at radius 2 is 2.00 bits per heavy atom. The molecule has 2 heterocycles. The fourth-order valence-corrected chi connectivity index (χ4v) is 2.97. The normalized spacial score (nSPS) is 20.1. The van der Waals surface area contributed by atoms with E-state index >= 15 is 0 Å². The lowest BCUT2D eigenvalue weighted by atomic mass is 10.1. The molecule has 1 aromatic heterocycles. The van der Waals surface area contributed by atoms with Crippen LogP contribution in [0.2, 0.25) is 0 Å². The maximum Gasteiger partial charge on any atom is 0.437 e. The molecule has 2 aliphatic rings. The first-order valence-electron chi connectivity index (χ1n) is 9.05. The van der Waals surface area contributed by atoms with Crippen LogP contribution in [0.25, 0.3) is 0 Å². The zero-order valence-corrected chi connectivity index (χ0v) is 14.2. The van der Waals surface area contributed by atoms with Crippen molar-refractivity contribution in [2.75, 3.05) is 6.61 Å². The summed E-state index contributed by atoms with van der Waals surface area (Å²) in [6.45, 7) is 1.19. The number of ether oxygens (including phenoxy) is 1. The van der Waals surface area contributed by atoms with Gasteiger partial charge >= 0.3 is 5.76 Å². The quantitative estimate of drug-likeness (QED) is 0.805. The molecule has 1 saturated carbocycles. The molecule has 0 bridgehead atoms. The minimum absolute atomic E-state index is 0.115. The molecular weight excluding hydrogens is 316 g/mol. The van der Waals surface area contributed by atoms with Gasteiger partial charge < -0.3 is 9.15 Å². The number of aromatic nitrogens is 2. The first kappa shape index (κ1) is 16.2. The molecule has 0 radical (unpaired) electrons. The Kier molecular flexibility index (Phi) is 4.71. The van der Waals surface area contributed by atoms with Gasteiger partial charge in [-0.3, -0.25) is 0 Å². The molecular formula is C20H22N2O3. The predicted molar refractivity (Wildman–Crippen MR) is 93.2 cm³/mol. The molecule has 25 heavy (non-hydrogen) atoms. The molecule has 1 aliphatic heterocycles. The highest BCUT2D eigenvalue weighted by atomic mass is 16.5. The first-order chi connectivity index (χ1) is 12.3. The largest absolute Gasteiger partial charge is 0.437 e. The molecule has 1 aromatic carbocycles. The lowest BCUT2D eigenvalue weighted by molar-refractivity contribution is 0.0130. The van der Waals surface area contributed by atoms with E-state index < -0.39 is 5.76 Å². The molecule has 0 amide bonds. The molecule has 1 atom stereocenters. The number of benzene rings is 1. The van der Waals surface area contributed by atoms with Crippen molar-refractivity contribution in [1.82, 2.24) is 9.78 Å². The van der Waals surface area contributed by atoms with Gasteiger partial charge in [0.15, 0.2) is 0 Å². The van der Waals surface area contributed by atoms with Crippen LogP contribution >= 0.6 is 0 Å². The van der Waals surface area contributed by atoms with Crippen LogP contribution < -0.4 is 5.76 Å². The van der Waals surface area contributed by atoms with Gasteiger partial charge in [-0.2, -0.15) is 4.68 Å². The van der Waals surface area contributed by atoms with Gasteiger partial charge in [0.1, 0.15) is 0 Å². The van der Waals surface area contributed by atoms with E-state index in [-0.39, 0.29) is 6.10 Å². The highest BCUT2D eigenvalue weighted by molar-refractivity contribution is 5.37. The molecule has 0 unspecified atom stereocenters. The fraction of sp³-hybridized carbons (Fsp3) is 0.500. The predicted octanol–water partition coefficient (Wildman–Crippen LogP) is 2.76. The maximum atomic E-state index is 12.0. The van der Waals surface area contributed by atoms with E-state index in [0.29, 0.717) is 24.8 Å². The van der Waals surface area contributed by atoms with Gasteiger partial charge in [0, 0.05) is 18.1 Å². The Morgan fingerprint density at radius 1 is 1.16 bits per heavy atom. The van der Waals surface area contributed by atoms with E-state index in [9.17, 15) is 4.79 Å². The minimum Gasteiger partial charge on any atom is -0.392 e. The zero-order valence-electron chi connectivity index (χ0n) is 14.2. The second-order valence-corrected chi connectivity index (χ2v) is 6.85. The first-order valence-corrected chi connectivity index (χ1v) is 9.05. The molecule has 130 valence electrons. The average Bonchev–Trinajstić information content (AvgIpc) is 3.40. The molecule has 1 saturated heterocycles. The molecule has 5 nitrogen and oxygen atoms in total. The van der Waals surface area contributed by atoms with Crippen LogP contribution in [0.3, 0.4) is 0 Å². The van der Waals surface area contributed by atoms with Gasteiger partial charge in [-0.1, -0.05) is 24.0 Å². The van der Waals surface area contributed by atoms with Gasteiger partial charge in [0.05, 0.1) is 19.1 Å². The summed E-state index contributed by atoms with van der Waals surface area (Å²) in [5.41, 5.74) is 2.02. The van der Waals surface area contributed by atoms with Crippen molar-refractivity contribution in [3.05, 3.63) is 51.8 Å². The van der Waals surface area contributed by atoms with Crippen LogP contribution in [0.1, 0.15) is 49.1 Å². The third kappa shape index (κ3) is 4.40. The van der Waals surface area contributed by atoms with Gasteiger partial charge in [-0.05, 0) is 49.8 Å². The second kappa shape index (κ2) is 7.28. The molecule has 4 rings (SSSR count). The lowest BCUT2D eigenvalue weighted by Crippen LogP contribution is -2.21. The van der Waals surface area contributed by atoms with Crippen LogP contribution in [0.4, 0.5) is 0 Å². The van der Waals surface area contributed by atoms with Crippen LogP contribution in [-0.4, -0.2) is 22.5 Å². The number of hydrogen-bond acceptors (Lipinski definition) is 4. The summed E-state index contributed by atoms with van der Waals surface area (Å²) in [5.74, 6) is 7.09. The summed E-state index contributed by atoms with van der Waals surface area (Å²) in [5, 5.41) is 4.32. The summed E-state index contributed by atoms with van der Waals surface area (Å²) < 4.78 is 12.3. The van der Waals surface area contributed by atoms with E-state index in [4.69, 9.17) is 9.15 Å². The summed E-state index contributed by atoms with van der Waals surface area (Å²) in [7, 11) is 0. The molecule has 0 spiro atoms. The monoisotopic (exact) mass is 338 g/mol. The molecule has 2 fully saturated rings. The molecule has 0 N–H and O–H groups in total. The number of nitrogens with zero attached hydrogens (tertiary/aromatic N) is 2. The van der Waals surface area contributed by atoms with Crippen LogP contribution in [0.15, 0.2) is 33.5 Å². The molecule has 5 heteroatoms. The Labute approximate surface area is 147 Å². The van der Waals surface area contributed by atoms with E-state index in [0.717, 1.165) is 37.0 Å². The van der Waals surface area contributed by atoms with Gasteiger partial charge in [-0.25, -0.2) is 4.79 Å². The van der Waals surface area contributed by atoms with Crippen molar-refractivity contribution in [1.29, 1.82) is 0 Å². The van der Waals surface area contributed by atoms with Crippen LogP contribution in [0.5, 0.6) is 0 Å². The Morgan fingerprint density at radius 3 is 2.72 bits per heavy atom.